The molecule has 0 aliphatic carbocycles. The summed E-state index contributed by atoms with van der Waals surface area (Å²) in [7, 11) is 0.143. The Labute approximate surface area is 175 Å². The summed E-state index contributed by atoms with van der Waals surface area (Å²) in [6, 6.07) is 8.18. The van der Waals surface area contributed by atoms with E-state index in [4.69, 9.17) is 9.47 Å². The van der Waals surface area contributed by atoms with Crippen LogP contribution in [0.3, 0.4) is 0 Å². The van der Waals surface area contributed by atoms with Gasteiger partial charge < -0.3 is 20.1 Å². The first-order valence-corrected chi connectivity index (χ1v) is 10.5. The molecule has 0 unspecified atom stereocenters. The molecule has 3 N–H and O–H groups in total. The smallest absolute Gasteiger partial charge is 0.262 e. The molecule has 0 radical (unpaired) electrons. The quantitative estimate of drug-likeness (QED) is 0.583. The minimum Gasteiger partial charge on any atom is -0.496 e. The monoisotopic (exact) mass is 435 g/mol. The molecular formula is C20H25N3O6S. The van der Waals surface area contributed by atoms with Crippen molar-refractivity contribution in [3.63, 3.8) is 0 Å². The molecule has 10 heteroatoms. The predicted molar refractivity (Wildman–Crippen MR) is 113 cm³/mol. The van der Waals surface area contributed by atoms with Crippen molar-refractivity contribution in [2.45, 2.75) is 24.8 Å². The molecule has 0 atom stereocenters. The van der Waals surface area contributed by atoms with E-state index >= 15 is 0 Å². The first-order valence-electron chi connectivity index (χ1n) is 9.04. The van der Waals surface area contributed by atoms with E-state index in [9.17, 15) is 18.0 Å². The molecule has 0 aromatic heterocycles. The van der Waals surface area contributed by atoms with Crippen molar-refractivity contribution < 1.29 is 27.5 Å². The fourth-order valence-electron chi connectivity index (χ4n) is 2.65. The van der Waals surface area contributed by atoms with Crippen LogP contribution in [0.2, 0.25) is 0 Å². The minimum absolute atomic E-state index is 0.0835. The highest BCUT2D eigenvalue weighted by Gasteiger charge is 2.22. The van der Waals surface area contributed by atoms with Gasteiger partial charge in [0, 0.05) is 18.7 Å². The Balaban J connectivity index is 2.47. The zero-order valence-electron chi connectivity index (χ0n) is 17.4. The molecule has 0 heterocycles. The Morgan fingerprint density at radius 1 is 0.933 bits per heavy atom. The van der Waals surface area contributed by atoms with Crippen LogP contribution in [0.15, 0.2) is 41.3 Å². The second kappa shape index (κ2) is 9.49. The number of hydrogen-bond acceptors (Lipinski definition) is 6. The van der Waals surface area contributed by atoms with Crippen LogP contribution in [0, 0.1) is 0 Å². The summed E-state index contributed by atoms with van der Waals surface area (Å²) in [6.07, 6.45) is 0. The fraction of sp³-hybridized carbons (Fsp3) is 0.300. The molecule has 0 saturated heterocycles. The maximum Gasteiger partial charge on any atom is 0.262 e. The number of carbonyl (C=O) groups is 2. The molecular weight excluding hydrogens is 410 g/mol. The van der Waals surface area contributed by atoms with Crippen LogP contribution in [-0.4, -0.2) is 47.5 Å². The van der Waals surface area contributed by atoms with E-state index in [0.29, 0.717) is 0 Å². The lowest BCUT2D eigenvalue weighted by atomic mass is 10.2. The highest BCUT2D eigenvalue weighted by atomic mass is 32.2. The van der Waals surface area contributed by atoms with Gasteiger partial charge in [-0.05, 0) is 50.2 Å². The molecule has 0 spiro atoms. The lowest BCUT2D eigenvalue weighted by Crippen LogP contribution is -2.30. The molecule has 2 rings (SSSR count). The molecule has 2 aromatic carbocycles. The van der Waals surface area contributed by atoms with Crippen molar-refractivity contribution >= 4 is 27.5 Å². The number of hydrogen-bond donors (Lipinski definition) is 3. The number of anilines is 1. The second-order valence-electron chi connectivity index (χ2n) is 6.59. The van der Waals surface area contributed by atoms with Crippen LogP contribution in [0.1, 0.15) is 34.6 Å². The maximum atomic E-state index is 13.0. The first kappa shape index (κ1) is 23.0. The van der Waals surface area contributed by atoms with Gasteiger partial charge in [-0.3, -0.25) is 14.3 Å². The number of ether oxygens (including phenoxy) is 2. The predicted octanol–water partition coefficient (Wildman–Crippen LogP) is 2.00. The van der Waals surface area contributed by atoms with Crippen molar-refractivity contribution in [2.75, 3.05) is 26.0 Å². The number of nitrogens with one attached hydrogen (secondary N) is 3. The summed E-state index contributed by atoms with van der Waals surface area (Å²) in [4.78, 5) is 24.2. The van der Waals surface area contributed by atoms with Gasteiger partial charge in [-0.2, -0.15) is 0 Å². The van der Waals surface area contributed by atoms with Crippen LogP contribution < -0.4 is 24.8 Å². The first-order chi connectivity index (χ1) is 14.1. The van der Waals surface area contributed by atoms with Gasteiger partial charge in [0.05, 0.1) is 30.4 Å². The van der Waals surface area contributed by atoms with Gasteiger partial charge in [-0.1, -0.05) is 0 Å². The lowest BCUT2D eigenvalue weighted by Gasteiger charge is -2.15. The third-order valence-corrected chi connectivity index (χ3v) is 5.44. The number of rotatable bonds is 8. The largest absolute Gasteiger partial charge is 0.496 e. The highest BCUT2D eigenvalue weighted by molar-refractivity contribution is 7.92. The fourth-order valence-corrected chi connectivity index (χ4v) is 3.74. The van der Waals surface area contributed by atoms with Crippen LogP contribution in [0.4, 0.5) is 5.69 Å². The van der Waals surface area contributed by atoms with Crippen molar-refractivity contribution in [2.24, 2.45) is 0 Å². The van der Waals surface area contributed by atoms with Crippen LogP contribution in [-0.2, 0) is 10.0 Å². The maximum absolute atomic E-state index is 13.0. The molecule has 0 aliphatic heterocycles. The highest BCUT2D eigenvalue weighted by Crippen LogP contribution is 2.29. The zero-order valence-corrected chi connectivity index (χ0v) is 18.2. The molecule has 0 saturated carbocycles. The molecule has 30 heavy (non-hydrogen) atoms. The SMILES string of the molecule is CNC(=O)c1ccc(OC)c(NS(=O)(=O)c2ccc(OC)c(C(=O)NC(C)C)c2)c1. The van der Waals surface area contributed by atoms with E-state index in [-0.39, 0.29) is 45.2 Å². The van der Waals surface area contributed by atoms with E-state index in [0.717, 1.165) is 0 Å². The van der Waals surface area contributed by atoms with Crippen LogP contribution in [0.25, 0.3) is 0 Å². The zero-order chi connectivity index (χ0) is 22.5. The second-order valence-corrected chi connectivity index (χ2v) is 8.27. The average Bonchev–Trinajstić information content (AvgIpc) is 2.71. The molecule has 2 amide bonds. The molecule has 9 nitrogen and oxygen atoms in total. The standard InChI is InChI=1S/C20H25N3O6S/c1-12(2)22-20(25)15-11-14(7-9-17(15)28-4)30(26,27)23-16-10-13(19(24)21-3)6-8-18(16)29-5/h6-12,23H,1-5H3,(H,21,24)(H,22,25). The number of sulfonamides is 1. The Bertz CT molecular complexity index is 1050. The van der Waals surface area contributed by atoms with Gasteiger partial charge >= 0.3 is 0 Å². The Hall–Kier alpha value is -3.27. The molecule has 162 valence electrons. The number of carbonyl (C=O) groups excluding carboxylic acids is 2. The topological polar surface area (TPSA) is 123 Å². The van der Waals surface area contributed by atoms with Crippen LogP contribution >= 0.6 is 0 Å². The van der Waals surface area contributed by atoms with Gasteiger partial charge in [0.25, 0.3) is 21.8 Å². The van der Waals surface area contributed by atoms with Crippen molar-refractivity contribution in [1.29, 1.82) is 0 Å². The van der Waals surface area contributed by atoms with E-state index in [1.807, 2.05) is 0 Å². The van der Waals surface area contributed by atoms with Gasteiger partial charge in [-0.15, -0.1) is 0 Å². The van der Waals surface area contributed by atoms with Crippen molar-refractivity contribution in [1.82, 2.24) is 10.6 Å². The molecule has 0 bridgehead atoms. The Morgan fingerprint density at radius 2 is 1.57 bits per heavy atom. The number of methoxy groups -OCH3 is 2. The van der Waals surface area contributed by atoms with Gasteiger partial charge in [0.2, 0.25) is 0 Å². The van der Waals surface area contributed by atoms with E-state index in [2.05, 4.69) is 15.4 Å². The summed E-state index contributed by atoms with van der Waals surface area (Å²) in [5, 5.41) is 5.18. The van der Waals surface area contributed by atoms with Gasteiger partial charge in [0.1, 0.15) is 11.5 Å². The Morgan fingerprint density at radius 3 is 2.13 bits per heavy atom. The van der Waals surface area contributed by atoms with Crippen LogP contribution in [0.5, 0.6) is 11.5 Å². The lowest BCUT2D eigenvalue weighted by molar-refractivity contribution is 0.0937. The number of amides is 2. The van der Waals surface area contributed by atoms with E-state index in [1.54, 1.807) is 13.8 Å². The average molecular weight is 436 g/mol. The van der Waals surface area contributed by atoms with Gasteiger partial charge in [0.15, 0.2) is 0 Å². The van der Waals surface area contributed by atoms with Crippen molar-refractivity contribution in [3.8, 4) is 11.5 Å². The van der Waals surface area contributed by atoms with Gasteiger partial charge in [-0.25, -0.2) is 8.42 Å². The normalized spacial score (nSPS) is 11.0. The summed E-state index contributed by atoms with van der Waals surface area (Å²) in [5.41, 5.74) is 0.422. The third-order valence-electron chi connectivity index (χ3n) is 4.08. The summed E-state index contributed by atoms with van der Waals surface area (Å²) >= 11 is 0. The van der Waals surface area contributed by atoms with E-state index < -0.39 is 15.9 Å². The molecule has 0 fully saturated rings. The molecule has 0 aliphatic rings. The number of benzene rings is 2. The summed E-state index contributed by atoms with van der Waals surface area (Å²) < 4.78 is 38.7. The summed E-state index contributed by atoms with van der Waals surface area (Å²) in [5.74, 6) is -0.364. The summed E-state index contributed by atoms with van der Waals surface area (Å²) in [6.45, 7) is 3.58. The molecule has 2 aromatic rings. The van der Waals surface area contributed by atoms with Crippen molar-refractivity contribution in [3.05, 3.63) is 47.5 Å². The van der Waals surface area contributed by atoms with E-state index in [1.165, 1.54) is 57.7 Å². The Kier molecular flexibility index (Phi) is 7.28. The third kappa shape index (κ3) is 5.20. The minimum atomic E-state index is -4.10.